The monoisotopic (exact) mass is 348 g/mol. The minimum Gasteiger partial charge on any atom is -0.490 e. The first-order valence-electron chi connectivity index (χ1n) is 8.57. The Labute approximate surface area is 149 Å². The molecule has 7 heteroatoms. The lowest BCUT2D eigenvalue weighted by molar-refractivity contribution is -0.130. The van der Waals surface area contributed by atoms with Crippen LogP contribution in [0.15, 0.2) is 23.3 Å². The van der Waals surface area contributed by atoms with E-state index in [1.54, 1.807) is 14.1 Å². The van der Waals surface area contributed by atoms with Gasteiger partial charge in [-0.25, -0.2) is 0 Å². The Hall–Kier alpha value is -2.28. The number of likely N-dealkylation sites (N-methyl/N-ethyl adjacent to an activating group) is 2. The number of carbonyl (C=O) groups excluding carboxylic acids is 1. The zero-order valence-corrected chi connectivity index (χ0v) is 15.6. The van der Waals surface area contributed by atoms with Gasteiger partial charge < -0.3 is 19.3 Å². The van der Waals surface area contributed by atoms with Crippen molar-refractivity contribution in [1.29, 1.82) is 0 Å². The lowest BCUT2D eigenvalue weighted by Crippen LogP contribution is -2.41. The van der Waals surface area contributed by atoms with Crippen LogP contribution in [0.2, 0.25) is 0 Å². The zero-order valence-electron chi connectivity index (χ0n) is 15.6. The molecule has 1 heterocycles. The van der Waals surface area contributed by atoms with Gasteiger partial charge in [-0.2, -0.15) is 5.10 Å². The Kier molecular flexibility index (Phi) is 7.06. The van der Waals surface area contributed by atoms with Gasteiger partial charge in [0.15, 0.2) is 18.1 Å². The van der Waals surface area contributed by atoms with Gasteiger partial charge in [0.1, 0.15) is 0 Å². The lowest BCUT2D eigenvalue weighted by Gasteiger charge is -2.30. The molecule has 138 valence electrons. The number of carbonyl (C=O) groups is 1. The summed E-state index contributed by atoms with van der Waals surface area (Å²) >= 11 is 0. The van der Waals surface area contributed by atoms with E-state index in [9.17, 15) is 4.79 Å². The van der Waals surface area contributed by atoms with E-state index in [0.717, 1.165) is 31.7 Å². The summed E-state index contributed by atoms with van der Waals surface area (Å²) in [6, 6.07) is 5.62. The highest BCUT2D eigenvalue weighted by molar-refractivity contribution is 5.81. The molecule has 0 radical (unpaired) electrons. The van der Waals surface area contributed by atoms with Crippen molar-refractivity contribution in [3.05, 3.63) is 23.8 Å². The molecule has 0 N–H and O–H groups in total. The van der Waals surface area contributed by atoms with Crippen molar-refractivity contribution in [2.75, 3.05) is 60.5 Å². The first-order valence-corrected chi connectivity index (χ1v) is 8.57. The summed E-state index contributed by atoms with van der Waals surface area (Å²) in [4.78, 5) is 15.5. The zero-order chi connectivity index (χ0) is 18.2. The molecule has 0 unspecified atom stereocenters. The van der Waals surface area contributed by atoms with Gasteiger partial charge in [0.2, 0.25) is 0 Å². The fourth-order valence-electron chi connectivity index (χ4n) is 2.32. The average Bonchev–Trinajstić information content (AvgIpc) is 2.60. The van der Waals surface area contributed by atoms with Crippen molar-refractivity contribution < 1.29 is 14.3 Å². The molecule has 0 saturated carbocycles. The van der Waals surface area contributed by atoms with Gasteiger partial charge in [0.25, 0.3) is 5.91 Å². The fraction of sp³-hybridized carbons (Fsp3) is 0.556. The molecule has 1 fully saturated rings. The molecule has 0 aliphatic carbocycles. The van der Waals surface area contributed by atoms with Crippen LogP contribution in [0.5, 0.6) is 11.5 Å². The molecule has 1 aliphatic heterocycles. The number of amides is 1. The van der Waals surface area contributed by atoms with Crippen molar-refractivity contribution in [2.45, 2.75) is 6.92 Å². The molecule has 1 aromatic carbocycles. The third-order valence-corrected chi connectivity index (χ3v) is 3.97. The van der Waals surface area contributed by atoms with Crippen LogP contribution in [0.1, 0.15) is 12.5 Å². The number of hydrazone groups is 1. The highest BCUT2D eigenvalue weighted by Gasteiger charge is 2.12. The molecule has 0 atom stereocenters. The maximum absolute atomic E-state index is 11.7. The van der Waals surface area contributed by atoms with E-state index in [1.165, 1.54) is 4.90 Å². The first kappa shape index (κ1) is 19.1. The molecule has 7 nitrogen and oxygen atoms in total. The number of nitrogens with zero attached hydrogens (tertiary/aromatic N) is 4. The summed E-state index contributed by atoms with van der Waals surface area (Å²) < 4.78 is 11.2. The number of rotatable bonds is 7. The van der Waals surface area contributed by atoms with E-state index >= 15 is 0 Å². The standard InChI is InChI=1S/C18H28N4O3/c1-5-24-17-12-15(13-19-22-10-8-21(4)9-11-22)6-7-16(17)25-14-18(23)20(2)3/h6-7,12-13H,5,8-11,14H2,1-4H3/b19-13-. The predicted octanol–water partition coefficient (Wildman–Crippen LogP) is 1.13. The normalized spacial score (nSPS) is 15.4. The third kappa shape index (κ3) is 5.94. The summed E-state index contributed by atoms with van der Waals surface area (Å²) in [5.74, 6) is 1.09. The SMILES string of the molecule is CCOc1cc(/C=N\N2CCN(C)CC2)ccc1OCC(=O)N(C)C. The quantitative estimate of drug-likeness (QED) is 0.692. The first-order chi connectivity index (χ1) is 12.0. The highest BCUT2D eigenvalue weighted by Crippen LogP contribution is 2.28. The van der Waals surface area contributed by atoms with Crippen molar-refractivity contribution in [2.24, 2.45) is 5.10 Å². The molecule has 0 aromatic heterocycles. The van der Waals surface area contributed by atoms with Crippen molar-refractivity contribution in [3.63, 3.8) is 0 Å². The van der Waals surface area contributed by atoms with E-state index < -0.39 is 0 Å². The van der Waals surface area contributed by atoms with Crippen LogP contribution < -0.4 is 9.47 Å². The van der Waals surface area contributed by atoms with Gasteiger partial charge in [-0.05, 0) is 37.7 Å². The number of piperazine rings is 1. The Morgan fingerprint density at radius 1 is 1.20 bits per heavy atom. The Balaban J connectivity index is 2.02. The Morgan fingerprint density at radius 3 is 2.56 bits per heavy atom. The number of hydrogen-bond acceptors (Lipinski definition) is 6. The van der Waals surface area contributed by atoms with Crippen molar-refractivity contribution >= 4 is 12.1 Å². The smallest absolute Gasteiger partial charge is 0.259 e. The van der Waals surface area contributed by atoms with E-state index in [4.69, 9.17) is 9.47 Å². The average molecular weight is 348 g/mol. The summed E-state index contributed by atoms with van der Waals surface area (Å²) in [5, 5.41) is 6.61. The summed E-state index contributed by atoms with van der Waals surface area (Å²) in [6.45, 7) is 6.33. The minimum atomic E-state index is -0.0943. The number of hydrogen-bond donors (Lipinski definition) is 0. The molecule has 2 rings (SSSR count). The maximum Gasteiger partial charge on any atom is 0.259 e. The van der Waals surface area contributed by atoms with Crippen LogP contribution in [0.3, 0.4) is 0 Å². The second-order valence-corrected chi connectivity index (χ2v) is 6.22. The molecule has 1 saturated heterocycles. The van der Waals surface area contributed by atoms with Gasteiger partial charge in [-0.1, -0.05) is 0 Å². The summed E-state index contributed by atoms with van der Waals surface area (Å²) in [6.07, 6.45) is 1.84. The topological polar surface area (TPSA) is 57.6 Å². The van der Waals surface area contributed by atoms with E-state index in [0.29, 0.717) is 18.1 Å². The van der Waals surface area contributed by atoms with Crippen LogP contribution in [0.25, 0.3) is 0 Å². The summed E-state index contributed by atoms with van der Waals surface area (Å²) in [7, 11) is 5.52. The van der Waals surface area contributed by atoms with Gasteiger partial charge in [0, 0.05) is 40.3 Å². The fourth-order valence-corrected chi connectivity index (χ4v) is 2.32. The van der Waals surface area contributed by atoms with Crippen LogP contribution in [0.4, 0.5) is 0 Å². The molecule has 0 bridgehead atoms. The van der Waals surface area contributed by atoms with Crippen molar-refractivity contribution in [3.8, 4) is 11.5 Å². The van der Waals surface area contributed by atoms with Crippen molar-refractivity contribution in [1.82, 2.24) is 14.8 Å². The highest BCUT2D eigenvalue weighted by atomic mass is 16.5. The number of ether oxygens (including phenoxy) is 2. The van der Waals surface area contributed by atoms with E-state index in [1.807, 2.05) is 31.3 Å². The molecular formula is C18H28N4O3. The predicted molar refractivity (Wildman–Crippen MR) is 98.5 cm³/mol. The van der Waals surface area contributed by atoms with E-state index in [2.05, 4.69) is 22.1 Å². The van der Waals surface area contributed by atoms with Gasteiger partial charge in [-0.3, -0.25) is 9.80 Å². The lowest BCUT2D eigenvalue weighted by atomic mass is 10.2. The van der Waals surface area contributed by atoms with Crippen LogP contribution in [-0.4, -0.2) is 87.5 Å². The van der Waals surface area contributed by atoms with Crippen LogP contribution in [-0.2, 0) is 4.79 Å². The van der Waals surface area contributed by atoms with Gasteiger partial charge in [-0.15, -0.1) is 0 Å². The number of benzene rings is 1. The molecule has 1 amide bonds. The Morgan fingerprint density at radius 2 is 1.92 bits per heavy atom. The Bertz CT molecular complexity index is 596. The van der Waals surface area contributed by atoms with Gasteiger partial charge in [0.05, 0.1) is 12.8 Å². The van der Waals surface area contributed by atoms with Gasteiger partial charge >= 0.3 is 0 Å². The largest absolute Gasteiger partial charge is 0.490 e. The summed E-state index contributed by atoms with van der Waals surface area (Å²) in [5.41, 5.74) is 0.939. The second kappa shape index (κ2) is 9.27. The van der Waals surface area contributed by atoms with Crippen LogP contribution in [0, 0.1) is 0 Å². The van der Waals surface area contributed by atoms with Crippen LogP contribution >= 0.6 is 0 Å². The third-order valence-electron chi connectivity index (χ3n) is 3.97. The maximum atomic E-state index is 11.7. The molecular weight excluding hydrogens is 320 g/mol. The molecule has 1 aliphatic rings. The minimum absolute atomic E-state index is 0.0121. The second-order valence-electron chi connectivity index (χ2n) is 6.22. The van der Waals surface area contributed by atoms with E-state index in [-0.39, 0.29) is 12.5 Å². The molecule has 0 spiro atoms. The molecule has 1 aromatic rings. The molecule has 25 heavy (non-hydrogen) atoms.